The third kappa shape index (κ3) is 4.63. The summed E-state index contributed by atoms with van der Waals surface area (Å²) < 4.78 is 0. The standard InChI is InChI=1S/C27H36N2O2S/c1-4-20(3)29(27(31)21-11-6-5-7-12-21)18-25(30)28-16-14-24-23(15-17-32-24)26(28)22-13-9-8-10-19(22)2/h8-10,13,15,17,20-21,26H,4-7,11-12,14,16,18H2,1-3H3. The lowest BCUT2D eigenvalue weighted by molar-refractivity contribution is -0.146. The molecule has 1 aliphatic carbocycles. The molecule has 0 bridgehead atoms. The first-order valence-corrected chi connectivity index (χ1v) is 13.1. The fourth-order valence-electron chi connectivity index (χ4n) is 5.31. The molecule has 2 aliphatic rings. The second-order valence-corrected chi connectivity index (χ2v) is 10.5. The second kappa shape index (κ2) is 10.2. The van der Waals surface area contributed by atoms with Crippen LogP contribution in [0.5, 0.6) is 0 Å². The molecule has 4 rings (SSSR count). The SMILES string of the molecule is CCC(C)N(CC(=O)N1CCc2sccc2C1c1ccccc1C)C(=O)C1CCCCC1. The molecule has 1 fully saturated rings. The number of thiophene rings is 1. The van der Waals surface area contributed by atoms with Crippen LogP contribution < -0.4 is 0 Å². The molecule has 32 heavy (non-hydrogen) atoms. The topological polar surface area (TPSA) is 40.6 Å². The highest BCUT2D eigenvalue weighted by Gasteiger charge is 2.36. The highest BCUT2D eigenvalue weighted by Crippen LogP contribution is 2.39. The van der Waals surface area contributed by atoms with Gasteiger partial charge in [-0.2, -0.15) is 0 Å². The molecule has 0 radical (unpaired) electrons. The molecule has 2 amide bonds. The fourth-order valence-corrected chi connectivity index (χ4v) is 6.21. The van der Waals surface area contributed by atoms with E-state index in [-0.39, 0.29) is 36.4 Å². The Bertz CT molecular complexity index is 947. The number of hydrogen-bond donors (Lipinski definition) is 0. The number of rotatable bonds is 6. The predicted molar refractivity (Wildman–Crippen MR) is 131 cm³/mol. The van der Waals surface area contributed by atoms with Crippen LogP contribution in [-0.4, -0.2) is 40.7 Å². The van der Waals surface area contributed by atoms with Gasteiger partial charge in [0.2, 0.25) is 11.8 Å². The Balaban J connectivity index is 1.61. The Morgan fingerprint density at radius 2 is 1.88 bits per heavy atom. The highest BCUT2D eigenvalue weighted by atomic mass is 32.1. The number of aryl methyl sites for hydroxylation is 1. The minimum atomic E-state index is -0.0673. The Morgan fingerprint density at radius 3 is 2.59 bits per heavy atom. The Labute approximate surface area is 196 Å². The first kappa shape index (κ1) is 23.0. The molecule has 2 unspecified atom stereocenters. The lowest BCUT2D eigenvalue weighted by Crippen LogP contribution is -2.50. The molecule has 1 saturated carbocycles. The number of carbonyl (C=O) groups excluding carboxylic acids is 2. The van der Waals surface area contributed by atoms with Gasteiger partial charge in [-0.3, -0.25) is 9.59 Å². The van der Waals surface area contributed by atoms with E-state index in [0.717, 1.165) is 38.5 Å². The van der Waals surface area contributed by atoms with Crippen molar-refractivity contribution in [3.05, 3.63) is 57.3 Å². The molecule has 2 atom stereocenters. The largest absolute Gasteiger partial charge is 0.330 e. The Hall–Kier alpha value is -2.14. The van der Waals surface area contributed by atoms with Crippen LogP contribution in [-0.2, 0) is 16.0 Å². The van der Waals surface area contributed by atoms with Gasteiger partial charge in [0.1, 0.15) is 6.54 Å². The number of fused-ring (bicyclic) bond motifs is 1. The van der Waals surface area contributed by atoms with Gasteiger partial charge in [-0.05, 0) is 67.7 Å². The van der Waals surface area contributed by atoms with E-state index in [9.17, 15) is 9.59 Å². The maximum atomic E-state index is 13.8. The molecule has 172 valence electrons. The smallest absolute Gasteiger partial charge is 0.243 e. The van der Waals surface area contributed by atoms with Crippen molar-refractivity contribution in [3.63, 3.8) is 0 Å². The molecule has 5 heteroatoms. The summed E-state index contributed by atoms with van der Waals surface area (Å²) in [6, 6.07) is 10.6. The number of benzene rings is 1. The molecule has 2 heterocycles. The number of hydrogen-bond acceptors (Lipinski definition) is 3. The molecule has 1 aliphatic heterocycles. The lowest BCUT2D eigenvalue weighted by Gasteiger charge is -2.39. The zero-order valence-corrected chi connectivity index (χ0v) is 20.5. The zero-order valence-electron chi connectivity index (χ0n) is 19.7. The van der Waals surface area contributed by atoms with Crippen molar-refractivity contribution in [3.8, 4) is 0 Å². The van der Waals surface area contributed by atoms with E-state index in [4.69, 9.17) is 0 Å². The number of carbonyl (C=O) groups is 2. The summed E-state index contributed by atoms with van der Waals surface area (Å²) in [5.74, 6) is 0.343. The second-order valence-electron chi connectivity index (χ2n) is 9.45. The summed E-state index contributed by atoms with van der Waals surface area (Å²) in [6.45, 7) is 7.20. The number of amides is 2. The molecule has 4 nitrogen and oxygen atoms in total. The third-order valence-electron chi connectivity index (χ3n) is 7.44. The Morgan fingerprint density at radius 1 is 1.12 bits per heavy atom. The zero-order chi connectivity index (χ0) is 22.7. The molecular formula is C27H36N2O2S. The Kier molecular flexibility index (Phi) is 7.34. The van der Waals surface area contributed by atoms with Crippen molar-refractivity contribution >= 4 is 23.2 Å². The van der Waals surface area contributed by atoms with Gasteiger partial charge >= 0.3 is 0 Å². The highest BCUT2D eigenvalue weighted by molar-refractivity contribution is 7.10. The van der Waals surface area contributed by atoms with Crippen LogP contribution >= 0.6 is 11.3 Å². The van der Waals surface area contributed by atoms with Crippen LogP contribution in [0.4, 0.5) is 0 Å². The van der Waals surface area contributed by atoms with Crippen molar-refractivity contribution in [1.82, 2.24) is 9.80 Å². The van der Waals surface area contributed by atoms with Gasteiger partial charge in [-0.1, -0.05) is 50.5 Å². The van der Waals surface area contributed by atoms with Gasteiger partial charge in [-0.15, -0.1) is 11.3 Å². The van der Waals surface area contributed by atoms with Gasteiger partial charge in [-0.25, -0.2) is 0 Å². The average molecular weight is 453 g/mol. The predicted octanol–water partition coefficient (Wildman–Crippen LogP) is 5.74. The van der Waals surface area contributed by atoms with E-state index in [0.29, 0.717) is 6.54 Å². The fraction of sp³-hybridized carbons (Fsp3) is 0.556. The van der Waals surface area contributed by atoms with E-state index in [2.05, 4.69) is 56.5 Å². The van der Waals surface area contributed by atoms with Crippen molar-refractivity contribution < 1.29 is 9.59 Å². The maximum Gasteiger partial charge on any atom is 0.243 e. The maximum absolute atomic E-state index is 13.8. The van der Waals surface area contributed by atoms with Crippen LogP contribution in [0.25, 0.3) is 0 Å². The monoisotopic (exact) mass is 452 g/mol. The normalized spacial score (nSPS) is 20.0. The van der Waals surface area contributed by atoms with Crippen LogP contribution in [0, 0.1) is 12.8 Å². The van der Waals surface area contributed by atoms with E-state index in [1.54, 1.807) is 11.3 Å². The minimum absolute atomic E-state index is 0.0673. The summed E-state index contributed by atoms with van der Waals surface area (Å²) >= 11 is 1.79. The van der Waals surface area contributed by atoms with E-state index in [1.807, 2.05) is 9.80 Å². The first-order valence-electron chi connectivity index (χ1n) is 12.2. The first-order chi connectivity index (χ1) is 15.5. The van der Waals surface area contributed by atoms with Gasteiger partial charge in [0, 0.05) is 23.4 Å². The van der Waals surface area contributed by atoms with E-state index < -0.39 is 0 Å². The summed E-state index contributed by atoms with van der Waals surface area (Å²) in [5.41, 5.74) is 3.64. The quantitative estimate of drug-likeness (QED) is 0.561. The van der Waals surface area contributed by atoms with Gasteiger partial charge in [0.25, 0.3) is 0 Å². The molecule has 1 aromatic carbocycles. The van der Waals surface area contributed by atoms with Gasteiger partial charge < -0.3 is 9.80 Å². The number of nitrogens with zero attached hydrogens (tertiary/aromatic N) is 2. The third-order valence-corrected chi connectivity index (χ3v) is 8.43. The van der Waals surface area contributed by atoms with E-state index in [1.165, 1.54) is 28.0 Å². The molecule has 2 aromatic rings. The molecule has 0 saturated heterocycles. The van der Waals surface area contributed by atoms with Crippen molar-refractivity contribution in [2.45, 2.75) is 77.8 Å². The summed E-state index contributed by atoms with van der Waals surface area (Å²) in [4.78, 5) is 32.5. The van der Waals surface area contributed by atoms with Crippen LogP contribution in [0.2, 0.25) is 0 Å². The van der Waals surface area contributed by atoms with Crippen LogP contribution in [0.1, 0.15) is 80.0 Å². The van der Waals surface area contributed by atoms with Gasteiger partial charge in [0.05, 0.1) is 6.04 Å². The van der Waals surface area contributed by atoms with E-state index >= 15 is 0 Å². The summed E-state index contributed by atoms with van der Waals surface area (Å²) in [6.07, 6.45) is 7.16. The molecule has 1 aromatic heterocycles. The summed E-state index contributed by atoms with van der Waals surface area (Å²) in [7, 11) is 0. The van der Waals surface area contributed by atoms with Crippen molar-refractivity contribution in [2.75, 3.05) is 13.1 Å². The summed E-state index contributed by atoms with van der Waals surface area (Å²) in [5, 5.41) is 2.14. The molecular weight excluding hydrogens is 416 g/mol. The minimum Gasteiger partial charge on any atom is -0.330 e. The molecule has 0 N–H and O–H groups in total. The average Bonchev–Trinajstić information content (AvgIpc) is 3.31. The van der Waals surface area contributed by atoms with Crippen molar-refractivity contribution in [2.24, 2.45) is 5.92 Å². The van der Waals surface area contributed by atoms with Crippen LogP contribution in [0.15, 0.2) is 35.7 Å². The lowest BCUT2D eigenvalue weighted by atomic mass is 9.87. The molecule has 0 spiro atoms. The van der Waals surface area contributed by atoms with Crippen LogP contribution in [0.3, 0.4) is 0 Å². The van der Waals surface area contributed by atoms with Crippen molar-refractivity contribution in [1.29, 1.82) is 0 Å². The van der Waals surface area contributed by atoms with Gasteiger partial charge in [0.15, 0.2) is 0 Å².